The fourth-order valence-electron chi connectivity index (χ4n) is 2.00. The van der Waals surface area contributed by atoms with Gasteiger partial charge in [0.1, 0.15) is 5.82 Å². The van der Waals surface area contributed by atoms with Crippen molar-refractivity contribution in [3.63, 3.8) is 0 Å². The van der Waals surface area contributed by atoms with Gasteiger partial charge in [-0.25, -0.2) is 4.39 Å². The van der Waals surface area contributed by atoms with Gasteiger partial charge < -0.3 is 5.32 Å². The lowest BCUT2D eigenvalue weighted by atomic mass is 10.2. The zero-order valence-corrected chi connectivity index (χ0v) is 14.7. The first-order valence-electron chi connectivity index (χ1n) is 6.93. The highest BCUT2D eigenvalue weighted by atomic mass is 79.9. The molecule has 0 aliphatic carbocycles. The van der Waals surface area contributed by atoms with E-state index in [9.17, 15) is 9.18 Å². The molecule has 2 rings (SSSR count). The second kappa shape index (κ2) is 7.79. The van der Waals surface area contributed by atoms with Crippen molar-refractivity contribution >= 4 is 39.3 Å². The third kappa shape index (κ3) is 4.58. The molecule has 2 nitrogen and oxygen atoms in total. The summed E-state index contributed by atoms with van der Waals surface area (Å²) in [6.07, 6.45) is 0. The number of anilines is 1. The molecule has 0 aliphatic rings. The van der Waals surface area contributed by atoms with E-state index in [0.29, 0.717) is 4.47 Å². The van der Waals surface area contributed by atoms with Crippen LogP contribution in [0.15, 0.2) is 53.0 Å². The number of benzene rings is 2. The van der Waals surface area contributed by atoms with Gasteiger partial charge in [0.15, 0.2) is 0 Å². The summed E-state index contributed by atoms with van der Waals surface area (Å²) >= 11 is 4.74. The Morgan fingerprint density at radius 1 is 1.18 bits per heavy atom. The summed E-state index contributed by atoms with van der Waals surface area (Å²) in [6, 6.07) is 14.6. The zero-order chi connectivity index (χ0) is 16.1. The average molecular weight is 382 g/mol. The Morgan fingerprint density at radius 3 is 2.50 bits per heavy atom. The van der Waals surface area contributed by atoms with Crippen LogP contribution in [0.4, 0.5) is 10.1 Å². The summed E-state index contributed by atoms with van der Waals surface area (Å²) in [7, 11) is 0. The van der Waals surface area contributed by atoms with Crippen LogP contribution in [0.2, 0.25) is 0 Å². The monoisotopic (exact) mass is 381 g/mol. The van der Waals surface area contributed by atoms with Crippen LogP contribution >= 0.6 is 27.7 Å². The van der Waals surface area contributed by atoms with Gasteiger partial charge in [-0.3, -0.25) is 4.79 Å². The second-order valence-electron chi connectivity index (χ2n) is 4.94. The Hall–Kier alpha value is -1.33. The molecule has 5 heteroatoms. The van der Waals surface area contributed by atoms with Crippen LogP contribution in [-0.4, -0.2) is 11.2 Å². The van der Waals surface area contributed by atoms with Crippen molar-refractivity contribution in [1.29, 1.82) is 0 Å². The molecule has 116 valence electrons. The van der Waals surface area contributed by atoms with Gasteiger partial charge in [0.05, 0.1) is 10.9 Å². The van der Waals surface area contributed by atoms with Crippen LogP contribution in [0.1, 0.15) is 24.7 Å². The highest BCUT2D eigenvalue weighted by molar-refractivity contribution is 9.10. The molecular weight excluding hydrogens is 365 g/mol. The minimum atomic E-state index is -0.448. The van der Waals surface area contributed by atoms with Crippen LogP contribution < -0.4 is 5.32 Å². The number of hydrogen-bond acceptors (Lipinski definition) is 2. The Morgan fingerprint density at radius 2 is 1.86 bits per heavy atom. The van der Waals surface area contributed by atoms with Gasteiger partial charge in [-0.2, -0.15) is 0 Å². The van der Waals surface area contributed by atoms with Crippen LogP contribution in [0.5, 0.6) is 0 Å². The first-order chi connectivity index (χ1) is 10.5. The lowest BCUT2D eigenvalue weighted by molar-refractivity contribution is -0.115. The molecule has 0 aromatic heterocycles. The molecule has 2 aromatic carbocycles. The van der Waals surface area contributed by atoms with E-state index < -0.39 is 5.82 Å². The van der Waals surface area contributed by atoms with Crippen molar-refractivity contribution in [2.45, 2.75) is 24.3 Å². The zero-order valence-electron chi connectivity index (χ0n) is 12.3. The van der Waals surface area contributed by atoms with Gasteiger partial charge in [0.2, 0.25) is 5.91 Å². The quantitative estimate of drug-likeness (QED) is 0.749. The van der Waals surface area contributed by atoms with Crippen molar-refractivity contribution in [1.82, 2.24) is 0 Å². The van der Waals surface area contributed by atoms with Gasteiger partial charge in [0, 0.05) is 9.72 Å². The van der Waals surface area contributed by atoms with E-state index in [4.69, 9.17) is 0 Å². The fraction of sp³-hybridized carbons (Fsp3) is 0.235. The van der Waals surface area contributed by atoms with E-state index in [1.54, 1.807) is 23.9 Å². The van der Waals surface area contributed by atoms with Crippen molar-refractivity contribution < 1.29 is 9.18 Å². The fourth-order valence-corrected chi connectivity index (χ4v) is 3.44. The largest absolute Gasteiger partial charge is 0.323 e. The number of amides is 1. The van der Waals surface area contributed by atoms with E-state index in [1.165, 1.54) is 11.6 Å². The molecule has 1 amide bonds. The summed E-state index contributed by atoms with van der Waals surface area (Å²) < 4.78 is 14.4. The molecule has 0 saturated heterocycles. The molecule has 0 heterocycles. The summed E-state index contributed by atoms with van der Waals surface area (Å²) in [4.78, 5) is 12.2. The molecule has 22 heavy (non-hydrogen) atoms. The molecule has 0 saturated carbocycles. The number of rotatable bonds is 5. The van der Waals surface area contributed by atoms with Crippen LogP contribution in [0.25, 0.3) is 0 Å². The van der Waals surface area contributed by atoms with E-state index >= 15 is 0 Å². The first kappa shape index (κ1) is 17.0. The number of thioether (sulfide) groups is 1. The van der Waals surface area contributed by atoms with Crippen LogP contribution in [-0.2, 0) is 4.79 Å². The highest BCUT2D eigenvalue weighted by Gasteiger charge is 2.19. The van der Waals surface area contributed by atoms with Crippen molar-refractivity contribution in [3.05, 3.63) is 64.4 Å². The SMILES string of the molecule is CC(SC(C)c1ccccc1)C(=O)Nc1ccc(Br)cc1F. The number of nitrogens with one attached hydrogen (secondary N) is 1. The van der Waals surface area contributed by atoms with Crippen molar-refractivity contribution in [2.75, 3.05) is 5.32 Å². The second-order valence-corrected chi connectivity index (χ2v) is 7.55. The molecule has 0 bridgehead atoms. The summed E-state index contributed by atoms with van der Waals surface area (Å²) in [5.41, 5.74) is 1.37. The van der Waals surface area contributed by atoms with Gasteiger partial charge in [-0.15, -0.1) is 11.8 Å². The summed E-state index contributed by atoms with van der Waals surface area (Å²) in [5.74, 6) is -0.648. The molecule has 0 fully saturated rings. The molecule has 2 atom stereocenters. The van der Waals surface area contributed by atoms with E-state index in [2.05, 4.69) is 28.2 Å². The maximum atomic E-state index is 13.8. The van der Waals surface area contributed by atoms with E-state index in [0.717, 1.165) is 0 Å². The predicted octanol–water partition coefficient (Wildman–Crippen LogP) is 5.41. The number of carbonyl (C=O) groups excluding carboxylic acids is 1. The summed E-state index contributed by atoms with van der Waals surface area (Å²) in [6.45, 7) is 3.89. The minimum absolute atomic E-state index is 0.191. The minimum Gasteiger partial charge on any atom is -0.323 e. The van der Waals surface area contributed by atoms with Gasteiger partial charge in [-0.1, -0.05) is 46.3 Å². The third-order valence-corrected chi connectivity index (χ3v) is 5.03. The summed E-state index contributed by atoms with van der Waals surface area (Å²) in [5, 5.41) is 2.55. The standard InChI is InChI=1S/C17H17BrFNOS/c1-11(13-6-4-3-5-7-13)22-12(2)17(21)20-16-9-8-14(18)10-15(16)19/h3-12H,1-2H3,(H,20,21). The predicted molar refractivity (Wildman–Crippen MR) is 94.6 cm³/mol. The molecule has 1 N–H and O–H groups in total. The van der Waals surface area contributed by atoms with Crippen molar-refractivity contribution in [3.8, 4) is 0 Å². The first-order valence-corrected chi connectivity index (χ1v) is 8.67. The maximum Gasteiger partial charge on any atom is 0.237 e. The van der Waals surface area contributed by atoms with Crippen molar-refractivity contribution in [2.24, 2.45) is 0 Å². The smallest absolute Gasteiger partial charge is 0.237 e. The van der Waals surface area contributed by atoms with Crippen LogP contribution in [0, 0.1) is 5.82 Å². The topological polar surface area (TPSA) is 29.1 Å². The van der Waals surface area contributed by atoms with Gasteiger partial charge in [-0.05, 0) is 37.6 Å². The van der Waals surface area contributed by atoms with Gasteiger partial charge >= 0.3 is 0 Å². The molecule has 2 unspecified atom stereocenters. The Balaban J connectivity index is 1.97. The van der Waals surface area contributed by atoms with E-state index in [-0.39, 0.29) is 22.1 Å². The lowest BCUT2D eigenvalue weighted by Gasteiger charge is -2.17. The number of carbonyl (C=O) groups is 1. The highest BCUT2D eigenvalue weighted by Crippen LogP contribution is 2.32. The lowest BCUT2D eigenvalue weighted by Crippen LogP contribution is -2.23. The van der Waals surface area contributed by atoms with Gasteiger partial charge in [0.25, 0.3) is 0 Å². The normalized spacial score (nSPS) is 13.5. The number of hydrogen-bond donors (Lipinski definition) is 1. The molecule has 0 radical (unpaired) electrons. The molecular formula is C17H17BrFNOS. The Labute approximate surface area is 142 Å². The molecule has 0 aliphatic heterocycles. The molecule has 2 aromatic rings. The Bertz CT molecular complexity index is 650. The van der Waals surface area contributed by atoms with Crippen LogP contribution in [0.3, 0.4) is 0 Å². The van der Waals surface area contributed by atoms with E-state index in [1.807, 2.05) is 37.3 Å². The molecule has 0 spiro atoms. The third-order valence-electron chi connectivity index (χ3n) is 3.24. The Kier molecular flexibility index (Phi) is 6.03. The average Bonchev–Trinajstić information content (AvgIpc) is 2.50. The maximum absolute atomic E-state index is 13.8. The number of halogens is 2.